The highest BCUT2D eigenvalue weighted by Gasteiger charge is 2.45. The number of aliphatic carboxylic acids is 2. The van der Waals surface area contributed by atoms with E-state index in [1.165, 1.54) is 35.6 Å². The smallest absolute Gasteiger partial charge is 0.475 e. The Bertz CT molecular complexity index is 1170. The number of likely N-dealkylation sites (tertiary alicyclic amines) is 1. The first-order valence-corrected chi connectivity index (χ1v) is 13.0. The first kappa shape index (κ1) is 34.4. The van der Waals surface area contributed by atoms with Gasteiger partial charge in [-0.25, -0.2) is 14.6 Å². The third-order valence-corrected chi connectivity index (χ3v) is 7.11. The zero-order valence-corrected chi connectivity index (χ0v) is 23.7. The summed E-state index contributed by atoms with van der Waals surface area (Å²) in [6.07, 6.45) is -7.77. The molecule has 8 nitrogen and oxygen atoms in total. The maximum Gasteiger partial charge on any atom is 0.490 e. The number of rotatable bonds is 3. The average molecular weight is 615 g/mol. The molecule has 1 fully saturated rings. The maximum atomic E-state index is 10.6. The number of nitrogens with zero attached hydrogens (tertiary/aromatic N) is 4. The first-order valence-electron chi connectivity index (χ1n) is 12.6. The molecule has 1 aromatic carbocycles. The van der Waals surface area contributed by atoms with Crippen molar-refractivity contribution in [3.63, 3.8) is 0 Å². The van der Waals surface area contributed by atoms with Gasteiger partial charge < -0.3 is 19.7 Å². The monoisotopic (exact) mass is 614 g/mol. The molecule has 0 saturated carbocycles. The molecule has 1 spiro atoms. The Kier molecular flexibility index (Phi) is 11.3. The predicted octanol–water partition coefficient (Wildman–Crippen LogP) is 5.67. The SMILES string of the molecule is Cc1nc2c(n1C(C)C)CN(Cc1ccc(Cl)cc1)CC21CCN(C)CC1.O=C(O)C(F)(F)F.O=C(O)C(F)(F)F. The van der Waals surface area contributed by atoms with Gasteiger partial charge in [-0.1, -0.05) is 23.7 Å². The van der Waals surface area contributed by atoms with Crippen molar-refractivity contribution < 1.29 is 46.1 Å². The molecule has 4 rings (SSSR count). The van der Waals surface area contributed by atoms with E-state index in [0.29, 0.717) is 6.04 Å². The second kappa shape index (κ2) is 13.4. The maximum absolute atomic E-state index is 10.6. The molecule has 230 valence electrons. The Labute approximate surface area is 238 Å². The lowest BCUT2D eigenvalue weighted by Crippen LogP contribution is -2.51. The van der Waals surface area contributed by atoms with Gasteiger partial charge >= 0.3 is 24.3 Å². The van der Waals surface area contributed by atoms with Crippen LogP contribution in [-0.4, -0.2) is 80.5 Å². The molecule has 0 aliphatic carbocycles. The Balaban J connectivity index is 0.000000349. The lowest BCUT2D eigenvalue weighted by Gasteiger charge is -2.46. The molecule has 1 aromatic heterocycles. The van der Waals surface area contributed by atoms with Crippen LogP contribution < -0.4 is 0 Å². The number of alkyl halides is 6. The molecular formula is C26H33ClF6N4O4. The number of carboxylic acids is 2. The minimum absolute atomic E-state index is 0.192. The molecule has 0 unspecified atom stereocenters. The molecule has 41 heavy (non-hydrogen) atoms. The first-order chi connectivity index (χ1) is 18.8. The van der Waals surface area contributed by atoms with Gasteiger partial charge in [0.15, 0.2) is 0 Å². The fourth-order valence-electron chi connectivity index (χ4n) is 5.02. The second-order valence-electron chi connectivity index (χ2n) is 10.4. The molecular weight excluding hydrogens is 582 g/mol. The lowest BCUT2D eigenvalue weighted by atomic mass is 9.72. The Morgan fingerprint density at radius 2 is 1.46 bits per heavy atom. The van der Waals surface area contributed by atoms with E-state index in [1.54, 1.807) is 0 Å². The molecule has 0 bridgehead atoms. The van der Waals surface area contributed by atoms with Gasteiger partial charge in [-0.15, -0.1) is 0 Å². The highest BCUT2D eigenvalue weighted by atomic mass is 35.5. The summed E-state index contributed by atoms with van der Waals surface area (Å²) in [5.74, 6) is -4.35. The summed E-state index contributed by atoms with van der Waals surface area (Å²) in [7, 11) is 2.24. The van der Waals surface area contributed by atoms with E-state index in [0.717, 1.165) is 37.7 Å². The van der Waals surface area contributed by atoms with Crippen molar-refractivity contribution in [2.45, 2.75) is 70.5 Å². The number of piperidine rings is 1. The number of aryl methyl sites for hydroxylation is 1. The zero-order chi connectivity index (χ0) is 31.3. The summed E-state index contributed by atoms with van der Waals surface area (Å²) < 4.78 is 65.9. The molecule has 3 heterocycles. The van der Waals surface area contributed by atoms with Crippen molar-refractivity contribution in [1.29, 1.82) is 0 Å². The third kappa shape index (κ3) is 9.33. The van der Waals surface area contributed by atoms with Crippen molar-refractivity contribution in [1.82, 2.24) is 19.4 Å². The quantitative estimate of drug-likeness (QED) is 0.430. The molecule has 15 heteroatoms. The Morgan fingerprint density at radius 3 is 1.88 bits per heavy atom. The van der Waals surface area contributed by atoms with Gasteiger partial charge in [-0.2, -0.15) is 26.3 Å². The van der Waals surface area contributed by atoms with Crippen LogP contribution >= 0.6 is 11.6 Å². The van der Waals surface area contributed by atoms with Crippen molar-refractivity contribution in [2.75, 3.05) is 26.7 Å². The fraction of sp³-hybridized carbons (Fsp3) is 0.577. The van der Waals surface area contributed by atoms with Gasteiger partial charge in [0.25, 0.3) is 0 Å². The molecule has 2 aliphatic heterocycles. The Hall–Kier alpha value is -2.84. The van der Waals surface area contributed by atoms with Gasteiger partial charge in [-0.05, 0) is 71.4 Å². The van der Waals surface area contributed by atoms with Gasteiger partial charge in [-0.3, -0.25) is 4.90 Å². The van der Waals surface area contributed by atoms with Gasteiger partial charge in [0.05, 0.1) is 11.4 Å². The summed E-state index contributed by atoms with van der Waals surface area (Å²) >= 11 is 6.08. The van der Waals surface area contributed by atoms with E-state index in [2.05, 4.69) is 54.3 Å². The van der Waals surface area contributed by atoms with Crippen LogP contribution in [0.2, 0.25) is 5.02 Å². The summed E-state index contributed by atoms with van der Waals surface area (Å²) in [5.41, 5.74) is 4.34. The number of halogens is 7. The fourth-order valence-corrected chi connectivity index (χ4v) is 5.15. The topological polar surface area (TPSA) is 98.9 Å². The van der Waals surface area contributed by atoms with Crippen molar-refractivity contribution in [3.05, 3.63) is 52.1 Å². The number of imidazole rings is 1. The van der Waals surface area contributed by atoms with Crippen LogP contribution in [0.3, 0.4) is 0 Å². The zero-order valence-electron chi connectivity index (χ0n) is 23.0. The number of carbonyl (C=O) groups is 2. The minimum Gasteiger partial charge on any atom is -0.475 e. The number of fused-ring (bicyclic) bond motifs is 2. The van der Waals surface area contributed by atoms with Crippen LogP contribution in [0, 0.1) is 6.92 Å². The van der Waals surface area contributed by atoms with Crippen LogP contribution in [0.5, 0.6) is 0 Å². The Morgan fingerprint density at radius 1 is 1.00 bits per heavy atom. The minimum atomic E-state index is -5.08. The number of benzene rings is 1. The van der Waals surface area contributed by atoms with E-state index in [1.807, 2.05) is 12.1 Å². The van der Waals surface area contributed by atoms with Crippen molar-refractivity contribution in [2.24, 2.45) is 0 Å². The van der Waals surface area contributed by atoms with Crippen LogP contribution in [0.15, 0.2) is 24.3 Å². The number of aromatic nitrogens is 2. The molecule has 2 aromatic rings. The number of hydrogen-bond acceptors (Lipinski definition) is 5. The summed E-state index contributed by atoms with van der Waals surface area (Å²) in [5, 5.41) is 15.1. The molecule has 0 radical (unpaired) electrons. The van der Waals surface area contributed by atoms with Crippen LogP contribution in [0.25, 0.3) is 0 Å². The molecule has 2 N–H and O–H groups in total. The highest BCUT2D eigenvalue weighted by Crippen LogP contribution is 2.42. The van der Waals surface area contributed by atoms with Crippen LogP contribution in [-0.2, 0) is 28.1 Å². The van der Waals surface area contributed by atoms with E-state index in [4.69, 9.17) is 36.4 Å². The molecule has 1 saturated heterocycles. The average Bonchev–Trinajstić information content (AvgIpc) is 3.19. The lowest BCUT2D eigenvalue weighted by molar-refractivity contribution is -0.193. The standard InChI is InChI=1S/C22H31ClN4.2C2HF3O2/c1-16(2)27-17(3)24-21-20(27)14-26(13-18-5-7-19(23)8-6-18)15-22(21)9-11-25(4)12-10-22;2*3-2(4,5)1(6)7/h5-8,16H,9-15H2,1-4H3;2*(H,6,7). The normalized spacial score (nSPS) is 17.3. The van der Waals surface area contributed by atoms with E-state index in [9.17, 15) is 26.3 Å². The summed E-state index contributed by atoms with van der Waals surface area (Å²) in [6.45, 7) is 12.1. The van der Waals surface area contributed by atoms with Gasteiger partial charge in [0.1, 0.15) is 5.82 Å². The molecule has 0 atom stereocenters. The van der Waals surface area contributed by atoms with Crippen molar-refractivity contribution >= 4 is 23.5 Å². The van der Waals surface area contributed by atoms with Gasteiger partial charge in [0, 0.05) is 36.1 Å². The van der Waals surface area contributed by atoms with E-state index >= 15 is 0 Å². The van der Waals surface area contributed by atoms with E-state index in [-0.39, 0.29) is 5.41 Å². The van der Waals surface area contributed by atoms with Crippen molar-refractivity contribution in [3.8, 4) is 0 Å². The third-order valence-electron chi connectivity index (χ3n) is 6.85. The largest absolute Gasteiger partial charge is 0.490 e. The number of hydrogen-bond donors (Lipinski definition) is 2. The summed E-state index contributed by atoms with van der Waals surface area (Å²) in [4.78, 5) is 28.0. The van der Waals surface area contributed by atoms with Crippen LogP contribution in [0.4, 0.5) is 26.3 Å². The molecule has 2 aliphatic rings. The summed E-state index contributed by atoms with van der Waals surface area (Å²) in [6, 6.07) is 8.76. The van der Waals surface area contributed by atoms with Gasteiger partial charge in [0.2, 0.25) is 0 Å². The second-order valence-corrected chi connectivity index (χ2v) is 10.8. The predicted molar refractivity (Wildman–Crippen MR) is 139 cm³/mol. The highest BCUT2D eigenvalue weighted by molar-refractivity contribution is 6.30. The number of carboxylic acid groups (broad SMARTS) is 2. The molecule has 0 amide bonds. The van der Waals surface area contributed by atoms with E-state index < -0.39 is 24.3 Å². The van der Waals surface area contributed by atoms with Crippen LogP contribution in [0.1, 0.15) is 55.5 Å².